The quantitative estimate of drug-likeness (QED) is 0.106. The molecule has 0 aromatic heterocycles. The Balaban J connectivity index is 0.00000281. The molecule has 1 unspecified atom stereocenters. The molecule has 1 atom stereocenters. The zero-order valence-electron chi connectivity index (χ0n) is 41.1. The molecule has 0 nitrogen and oxygen atoms in total. The van der Waals surface area contributed by atoms with E-state index in [9.17, 15) is 0 Å². The minimum Gasteiger partial charge on any atom is -1.00 e. The van der Waals surface area contributed by atoms with Gasteiger partial charge in [-0.2, -0.15) is 11.1 Å². The molecule has 6 aromatic rings. The van der Waals surface area contributed by atoms with E-state index in [0.717, 1.165) is 19.3 Å². The van der Waals surface area contributed by atoms with Crippen LogP contribution in [0.4, 0.5) is 0 Å². The van der Waals surface area contributed by atoms with Crippen molar-refractivity contribution in [1.82, 2.24) is 0 Å². The summed E-state index contributed by atoms with van der Waals surface area (Å²) in [5, 5.41) is 4.00. The Bertz CT molecular complexity index is 2340. The summed E-state index contributed by atoms with van der Waals surface area (Å²) in [5.74, 6) is 0. The maximum atomic E-state index is 4.31. The first-order valence-corrected chi connectivity index (χ1v) is 24.6. The van der Waals surface area contributed by atoms with Gasteiger partial charge in [-0.15, -0.1) is 6.92 Å². The second kappa shape index (κ2) is 21.7. The Morgan fingerprint density at radius 1 is 0.431 bits per heavy atom. The van der Waals surface area contributed by atoms with Gasteiger partial charge in [-0.3, -0.25) is 6.08 Å². The number of halogens is 3. The second-order valence-corrected chi connectivity index (χ2v) is 25.5. The number of allylic oxidation sites excluding steroid dienone is 4. The maximum Gasteiger partial charge on any atom is 4.00 e. The minimum atomic E-state index is -3.13. The monoisotopic (exact) mass is 970 g/mol. The molecule has 0 saturated carbocycles. The summed E-state index contributed by atoms with van der Waals surface area (Å²) >= 11 is 0. The number of benzene rings is 6. The van der Waals surface area contributed by atoms with Crippen molar-refractivity contribution in [2.45, 2.75) is 131 Å². The Hall–Kier alpha value is -3.40. The van der Waals surface area contributed by atoms with Crippen molar-refractivity contribution in [3.63, 3.8) is 0 Å². The molecule has 65 heavy (non-hydrogen) atoms. The van der Waals surface area contributed by atoms with E-state index in [1.165, 1.54) is 82.4 Å². The van der Waals surface area contributed by atoms with Gasteiger partial charge >= 0.3 is 21.7 Å². The van der Waals surface area contributed by atoms with Crippen LogP contribution in [0.5, 0.6) is 0 Å². The van der Waals surface area contributed by atoms with E-state index in [4.69, 9.17) is 0 Å². The number of hydrogen-bond donors (Lipinski definition) is 0. The third-order valence-electron chi connectivity index (χ3n) is 13.8. The van der Waals surface area contributed by atoms with Gasteiger partial charge in [0.15, 0.2) is 0 Å². The normalized spacial score (nSPS) is 15.2. The number of hydrogen-bond acceptors (Lipinski definition) is 0. The van der Waals surface area contributed by atoms with Crippen molar-refractivity contribution in [3.05, 3.63) is 218 Å². The van der Waals surface area contributed by atoms with Crippen LogP contribution in [-0.4, -0.2) is 8.07 Å². The van der Waals surface area contributed by atoms with Crippen LogP contribution in [0.2, 0.25) is 5.04 Å². The molecule has 0 fully saturated rings. The van der Waals surface area contributed by atoms with Gasteiger partial charge < -0.3 is 37.2 Å². The van der Waals surface area contributed by atoms with E-state index in [-0.39, 0.29) is 80.2 Å². The molecule has 5 heteroatoms. The average Bonchev–Trinajstić information content (AvgIpc) is 3.41. The molecule has 0 saturated heterocycles. The van der Waals surface area contributed by atoms with E-state index >= 15 is 0 Å². The van der Waals surface area contributed by atoms with Crippen molar-refractivity contribution in [2.24, 2.45) is 0 Å². The van der Waals surface area contributed by atoms with Crippen LogP contribution in [0, 0.1) is 6.08 Å². The van der Waals surface area contributed by atoms with Crippen molar-refractivity contribution in [2.75, 3.05) is 0 Å². The van der Waals surface area contributed by atoms with Crippen LogP contribution in [0.3, 0.4) is 0 Å². The molecule has 338 valence electrons. The smallest absolute Gasteiger partial charge is 1.00 e. The largest absolute Gasteiger partial charge is 4.00 e. The van der Waals surface area contributed by atoms with E-state index in [2.05, 4.69) is 242 Å². The SMILES string of the molecule is CC1=[C-]C(C)([Si](c2ccc(Cc3ccccc3)c(C(C)(C)C)c2)(c2ccc(Cc3ccccc3)c(C(C)(C)C)c2)c2ccc(Cc3ccccc3)c(C(C)(C)C)c2)C(C)=C1C.[Cl-].[Cl-].[Cl-].[Ti+4]. The second-order valence-electron chi connectivity index (χ2n) is 21.2. The van der Waals surface area contributed by atoms with Gasteiger partial charge in [0.05, 0.1) is 0 Å². The van der Waals surface area contributed by atoms with Crippen molar-refractivity contribution in [3.8, 4) is 0 Å². The molecule has 0 radical (unpaired) electrons. The molecule has 6 aromatic carbocycles. The molecule has 0 aliphatic heterocycles. The fraction of sp³-hybridized carbons (Fsp3) is 0.333. The van der Waals surface area contributed by atoms with Crippen LogP contribution in [0.25, 0.3) is 0 Å². The fourth-order valence-electron chi connectivity index (χ4n) is 10.4. The molecule has 0 bridgehead atoms. The summed E-state index contributed by atoms with van der Waals surface area (Å²) in [6.07, 6.45) is 7.04. The maximum absolute atomic E-state index is 4.31. The Kier molecular flexibility index (Phi) is 18.7. The van der Waals surface area contributed by atoms with E-state index in [0.29, 0.717) is 0 Å². The fourth-order valence-corrected chi connectivity index (χ4v) is 16.3. The van der Waals surface area contributed by atoms with Gasteiger partial charge in [0.1, 0.15) is 8.07 Å². The average molecular weight is 973 g/mol. The first kappa shape index (κ1) is 55.9. The minimum absolute atomic E-state index is 0. The molecule has 7 rings (SSSR count). The molecule has 0 heterocycles. The van der Waals surface area contributed by atoms with Crippen LogP contribution in [0.1, 0.15) is 140 Å². The third kappa shape index (κ3) is 11.3. The van der Waals surface area contributed by atoms with Gasteiger partial charge in [-0.1, -0.05) is 234 Å². The molecule has 0 amide bonds. The van der Waals surface area contributed by atoms with Crippen LogP contribution >= 0.6 is 0 Å². The summed E-state index contributed by atoms with van der Waals surface area (Å²) in [6.45, 7) is 31.2. The van der Waals surface area contributed by atoms with Crippen LogP contribution < -0.4 is 52.8 Å². The van der Waals surface area contributed by atoms with Crippen molar-refractivity contribution in [1.29, 1.82) is 0 Å². The Morgan fingerprint density at radius 3 is 0.938 bits per heavy atom. The van der Waals surface area contributed by atoms with Gasteiger partial charge in [-0.25, -0.2) is 5.57 Å². The topological polar surface area (TPSA) is 0 Å². The first-order valence-electron chi connectivity index (χ1n) is 22.6. The van der Waals surface area contributed by atoms with E-state index in [1.807, 2.05) is 0 Å². The molecule has 1 aliphatic carbocycles. The summed E-state index contributed by atoms with van der Waals surface area (Å²) in [4.78, 5) is 0. The third-order valence-corrected chi connectivity index (χ3v) is 19.4. The van der Waals surface area contributed by atoms with Gasteiger partial charge in [0.25, 0.3) is 0 Å². The zero-order valence-corrected chi connectivity index (χ0v) is 45.9. The predicted octanol–water partition coefficient (Wildman–Crippen LogP) is 4.69. The summed E-state index contributed by atoms with van der Waals surface area (Å²) in [6, 6.07) is 56.1. The standard InChI is InChI=1S/C60H69Si.3ClH.Ti/c1-42-41-60(13,44(3)43(42)2)61(51-32-29-48(54(38-51)57(4,5)6)35-45-23-17-14-18-24-45,52-33-30-49(55(39-52)58(7,8)9)36-46-25-19-15-20-26-46)53-34-31-50(56(40-53)59(10,11)12)37-47-27-21-16-22-28-47;;;;/h14-34,38-40H,35-37H2,1-13H3;3*1H;/q-1;;;;+4/p-3. The summed E-state index contributed by atoms with van der Waals surface area (Å²) in [5.41, 5.74) is 16.4. The Morgan fingerprint density at radius 2 is 0.708 bits per heavy atom. The zero-order chi connectivity index (χ0) is 44.0. The summed E-state index contributed by atoms with van der Waals surface area (Å²) in [7, 11) is -3.13. The molecule has 0 spiro atoms. The van der Waals surface area contributed by atoms with Crippen molar-refractivity contribution < 1.29 is 58.9 Å². The number of rotatable bonds is 10. The molecule has 0 N–H and O–H groups in total. The van der Waals surface area contributed by atoms with E-state index < -0.39 is 8.07 Å². The Labute approximate surface area is 428 Å². The van der Waals surface area contributed by atoms with Crippen molar-refractivity contribution >= 4 is 23.6 Å². The molecule has 1 aliphatic rings. The predicted molar refractivity (Wildman–Crippen MR) is 267 cm³/mol. The first-order chi connectivity index (χ1) is 28.7. The summed E-state index contributed by atoms with van der Waals surface area (Å²) < 4.78 is 0. The van der Waals surface area contributed by atoms with Gasteiger partial charge in [0.2, 0.25) is 0 Å². The molecular weight excluding hydrogens is 903 g/mol. The van der Waals surface area contributed by atoms with Gasteiger partial charge in [-0.05, 0) is 101 Å². The molecular formula is C60H69Cl3SiTi. The van der Waals surface area contributed by atoms with Crippen LogP contribution in [-0.2, 0) is 57.2 Å². The van der Waals surface area contributed by atoms with E-state index in [1.54, 1.807) is 0 Å². The van der Waals surface area contributed by atoms with Gasteiger partial charge in [0, 0.05) is 0 Å². The van der Waals surface area contributed by atoms with Crippen LogP contribution in [0.15, 0.2) is 162 Å².